The summed E-state index contributed by atoms with van der Waals surface area (Å²) in [6, 6.07) is 7.81. The summed E-state index contributed by atoms with van der Waals surface area (Å²) >= 11 is 0. The number of aliphatic carboxylic acids is 1. The number of rotatable bonds is 4. The molecule has 18 heavy (non-hydrogen) atoms. The van der Waals surface area contributed by atoms with Gasteiger partial charge in [-0.15, -0.1) is 0 Å². The summed E-state index contributed by atoms with van der Waals surface area (Å²) in [6.45, 7) is 4.70. The van der Waals surface area contributed by atoms with Crippen LogP contribution < -0.4 is 0 Å². The largest absolute Gasteiger partial charge is 0.481 e. The third-order valence-corrected chi connectivity index (χ3v) is 3.75. The van der Waals surface area contributed by atoms with Crippen molar-refractivity contribution in [3.63, 3.8) is 0 Å². The average molecular weight is 247 g/mol. The highest BCUT2D eigenvalue weighted by molar-refractivity contribution is 5.77. The van der Waals surface area contributed by atoms with Gasteiger partial charge in [0.15, 0.2) is 0 Å². The highest BCUT2D eigenvalue weighted by Crippen LogP contribution is 2.22. The van der Waals surface area contributed by atoms with Gasteiger partial charge in [-0.3, -0.25) is 4.79 Å². The van der Waals surface area contributed by atoms with Crippen LogP contribution in [0.3, 0.4) is 0 Å². The minimum Gasteiger partial charge on any atom is -0.481 e. The van der Waals surface area contributed by atoms with Gasteiger partial charge in [0.2, 0.25) is 0 Å². The van der Waals surface area contributed by atoms with Crippen LogP contribution in [0.2, 0.25) is 0 Å². The highest BCUT2D eigenvalue weighted by Gasteiger charge is 2.24. The second-order valence-electron chi connectivity index (χ2n) is 5.11. The van der Waals surface area contributed by atoms with E-state index in [0.29, 0.717) is 6.54 Å². The molecular weight excluding hydrogens is 226 g/mol. The molecule has 0 radical (unpaired) electrons. The minimum atomic E-state index is -0.713. The molecule has 0 bridgehead atoms. The molecule has 1 aliphatic heterocycles. The van der Waals surface area contributed by atoms with Gasteiger partial charge < -0.3 is 10.0 Å². The lowest BCUT2D eigenvalue weighted by atomic mass is 9.93. The molecule has 1 aromatic rings. The van der Waals surface area contributed by atoms with Crippen LogP contribution in [0.5, 0.6) is 0 Å². The van der Waals surface area contributed by atoms with Crippen LogP contribution in [-0.4, -0.2) is 35.6 Å². The van der Waals surface area contributed by atoms with Gasteiger partial charge in [-0.25, -0.2) is 0 Å². The van der Waals surface area contributed by atoms with Gasteiger partial charge in [0.25, 0.3) is 0 Å². The number of hydrogen-bond donors (Lipinski definition) is 1. The fourth-order valence-corrected chi connectivity index (χ4v) is 2.69. The molecule has 1 unspecified atom stereocenters. The molecule has 1 fully saturated rings. The van der Waals surface area contributed by atoms with Crippen LogP contribution in [0.25, 0.3) is 0 Å². The van der Waals surface area contributed by atoms with Gasteiger partial charge in [0, 0.05) is 6.54 Å². The molecule has 0 amide bonds. The van der Waals surface area contributed by atoms with E-state index in [1.807, 2.05) is 31.2 Å². The summed E-state index contributed by atoms with van der Waals surface area (Å²) < 4.78 is 0. The Morgan fingerprint density at radius 2 is 1.94 bits per heavy atom. The van der Waals surface area contributed by atoms with Crippen molar-refractivity contribution in [1.29, 1.82) is 0 Å². The lowest BCUT2D eigenvalue weighted by Crippen LogP contribution is -2.36. The molecule has 1 saturated heterocycles. The molecule has 1 N–H and O–H groups in total. The summed E-state index contributed by atoms with van der Waals surface area (Å²) in [4.78, 5) is 13.8. The Bertz CT molecular complexity index is 411. The predicted molar refractivity (Wildman–Crippen MR) is 71.8 cm³/mol. The first-order valence-corrected chi connectivity index (χ1v) is 6.69. The lowest BCUT2D eigenvalue weighted by Gasteiger charge is -2.29. The van der Waals surface area contributed by atoms with Crippen LogP contribution in [-0.2, 0) is 4.79 Å². The molecule has 0 saturated carbocycles. The minimum absolute atomic E-state index is 0.399. The summed E-state index contributed by atoms with van der Waals surface area (Å²) in [5.41, 5.74) is 2.03. The molecule has 0 spiro atoms. The van der Waals surface area contributed by atoms with E-state index < -0.39 is 11.9 Å². The zero-order valence-corrected chi connectivity index (χ0v) is 10.9. The van der Waals surface area contributed by atoms with Crippen molar-refractivity contribution in [1.82, 2.24) is 4.90 Å². The monoisotopic (exact) mass is 247 g/mol. The zero-order valence-electron chi connectivity index (χ0n) is 10.9. The van der Waals surface area contributed by atoms with Crippen molar-refractivity contribution < 1.29 is 9.90 Å². The van der Waals surface area contributed by atoms with Gasteiger partial charge in [0.05, 0.1) is 5.92 Å². The third kappa shape index (κ3) is 3.10. The van der Waals surface area contributed by atoms with Crippen molar-refractivity contribution in [3.05, 3.63) is 35.4 Å². The summed E-state index contributed by atoms with van der Waals surface area (Å²) in [5.74, 6) is -1.11. The number of nitrogens with zero attached hydrogens (tertiary/aromatic N) is 1. The van der Waals surface area contributed by atoms with Crippen LogP contribution in [0.4, 0.5) is 0 Å². The fourth-order valence-electron chi connectivity index (χ4n) is 2.69. The predicted octanol–water partition coefficient (Wildman–Crippen LogP) is 2.65. The molecule has 0 aromatic heterocycles. The molecule has 2 rings (SSSR count). The van der Waals surface area contributed by atoms with Crippen molar-refractivity contribution in [3.8, 4) is 0 Å². The van der Waals surface area contributed by atoms with E-state index in [2.05, 4.69) is 4.90 Å². The van der Waals surface area contributed by atoms with Crippen LogP contribution >= 0.6 is 0 Å². The first-order valence-electron chi connectivity index (χ1n) is 6.69. The van der Waals surface area contributed by atoms with Crippen molar-refractivity contribution >= 4 is 5.97 Å². The summed E-state index contributed by atoms with van der Waals surface area (Å²) in [7, 11) is 0. The lowest BCUT2D eigenvalue weighted by molar-refractivity contribution is -0.139. The summed E-state index contributed by atoms with van der Waals surface area (Å²) in [6.07, 6.45) is 3.67. The van der Waals surface area contributed by atoms with Gasteiger partial charge in [0.1, 0.15) is 0 Å². The molecule has 1 atom stereocenters. The van der Waals surface area contributed by atoms with E-state index in [9.17, 15) is 9.90 Å². The number of carbonyl (C=O) groups is 1. The molecular formula is C15H21NO2. The van der Waals surface area contributed by atoms with Crippen molar-refractivity contribution in [2.24, 2.45) is 0 Å². The Hall–Kier alpha value is -1.35. The standard InChI is InChI=1S/C15H21NO2/c1-12-7-3-4-8-13(12)14(15(17)18)11-16-9-5-2-6-10-16/h3-4,7-8,14H,2,5-6,9-11H2,1H3,(H,17,18). The van der Waals surface area contributed by atoms with E-state index in [0.717, 1.165) is 24.2 Å². The first-order chi connectivity index (χ1) is 8.68. The van der Waals surface area contributed by atoms with E-state index in [4.69, 9.17) is 0 Å². The van der Waals surface area contributed by atoms with Crippen molar-refractivity contribution in [2.75, 3.05) is 19.6 Å². The van der Waals surface area contributed by atoms with Crippen LogP contribution in [0.15, 0.2) is 24.3 Å². The second-order valence-corrected chi connectivity index (χ2v) is 5.11. The van der Waals surface area contributed by atoms with Gasteiger partial charge >= 0.3 is 5.97 Å². The van der Waals surface area contributed by atoms with E-state index >= 15 is 0 Å². The molecule has 1 aromatic carbocycles. The maximum atomic E-state index is 11.5. The molecule has 1 aliphatic rings. The molecule has 98 valence electrons. The SMILES string of the molecule is Cc1ccccc1C(CN1CCCCC1)C(=O)O. The highest BCUT2D eigenvalue weighted by atomic mass is 16.4. The maximum Gasteiger partial charge on any atom is 0.312 e. The second kappa shape index (κ2) is 6.01. The zero-order chi connectivity index (χ0) is 13.0. The smallest absolute Gasteiger partial charge is 0.312 e. The van der Waals surface area contributed by atoms with Crippen molar-refractivity contribution in [2.45, 2.75) is 32.1 Å². The Morgan fingerprint density at radius 3 is 2.56 bits per heavy atom. The molecule has 1 heterocycles. The number of carboxylic acids is 1. The van der Waals surface area contributed by atoms with Gasteiger partial charge in [-0.05, 0) is 44.0 Å². The number of hydrogen-bond acceptors (Lipinski definition) is 2. The number of aryl methyl sites for hydroxylation is 1. The molecule has 3 heteroatoms. The Labute approximate surface area is 108 Å². The number of benzene rings is 1. The van der Waals surface area contributed by atoms with Crippen LogP contribution in [0, 0.1) is 6.92 Å². The number of carboxylic acid groups (broad SMARTS) is 1. The average Bonchev–Trinajstić information content (AvgIpc) is 2.38. The topological polar surface area (TPSA) is 40.5 Å². The number of piperidine rings is 1. The van der Waals surface area contributed by atoms with E-state index in [1.165, 1.54) is 19.3 Å². The van der Waals surface area contributed by atoms with E-state index in [1.54, 1.807) is 0 Å². The maximum absolute atomic E-state index is 11.5. The third-order valence-electron chi connectivity index (χ3n) is 3.75. The van der Waals surface area contributed by atoms with E-state index in [-0.39, 0.29) is 0 Å². The van der Waals surface area contributed by atoms with Crippen LogP contribution in [0.1, 0.15) is 36.3 Å². The molecule has 3 nitrogen and oxygen atoms in total. The normalized spacial score (nSPS) is 18.5. The summed E-state index contributed by atoms with van der Waals surface area (Å²) in [5, 5.41) is 9.46. The molecule has 0 aliphatic carbocycles. The quantitative estimate of drug-likeness (QED) is 0.889. The van der Waals surface area contributed by atoms with Gasteiger partial charge in [-0.1, -0.05) is 30.7 Å². The Morgan fingerprint density at radius 1 is 1.28 bits per heavy atom. The first kappa shape index (κ1) is 13.1. The fraction of sp³-hybridized carbons (Fsp3) is 0.533. The Balaban J connectivity index is 2.13. The van der Waals surface area contributed by atoms with Gasteiger partial charge in [-0.2, -0.15) is 0 Å². The Kier molecular flexibility index (Phi) is 4.37. The number of likely N-dealkylation sites (tertiary alicyclic amines) is 1.